The van der Waals surface area contributed by atoms with E-state index in [1.54, 1.807) is 19.1 Å². The van der Waals surface area contributed by atoms with Gasteiger partial charge in [0.05, 0.1) is 25.4 Å². The number of ether oxygens (including phenoxy) is 3. The van der Waals surface area contributed by atoms with Crippen molar-refractivity contribution in [3.63, 3.8) is 0 Å². The van der Waals surface area contributed by atoms with Crippen LogP contribution in [0.5, 0.6) is 11.5 Å². The fraction of sp³-hybridized carbons (Fsp3) is 0.500. The Morgan fingerprint density at radius 1 is 1.00 bits per heavy atom. The van der Waals surface area contributed by atoms with Gasteiger partial charge in [-0.15, -0.1) is 0 Å². The molecule has 0 heterocycles. The highest BCUT2D eigenvalue weighted by Crippen LogP contribution is 2.25. The zero-order valence-corrected chi connectivity index (χ0v) is 12.8. The molecule has 0 atom stereocenters. The van der Waals surface area contributed by atoms with Crippen LogP contribution in [0.25, 0.3) is 0 Å². The first-order valence-corrected chi connectivity index (χ1v) is 7.25. The molecule has 0 unspecified atom stereocenters. The van der Waals surface area contributed by atoms with Crippen molar-refractivity contribution in [2.45, 2.75) is 33.6 Å². The largest absolute Gasteiger partial charge is 0.494 e. The van der Waals surface area contributed by atoms with Gasteiger partial charge >= 0.3 is 5.97 Å². The molecule has 0 aliphatic carbocycles. The molecule has 0 fully saturated rings. The number of carbonyl (C=O) groups excluding carboxylic acids is 2. The summed E-state index contributed by atoms with van der Waals surface area (Å²) in [4.78, 5) is 23.8. The Morgan fingerprint density at radius 3 is 2.29 bits per heavy atom. The summed E-state index contributed by atoms with van der Waals surface area (Å²) in [6.07, 6.45) is 1.66. The van der Waals surface area contributed by atoms with Crippen molar-refractivity contribution < 1.29 is 23.8 Å². The first-order chi connectivity index (χ1) is 10.1. The lowest BCUT2D eigenvalue weighted by molar-refractivity contribution is -0.137. The molecular formula is C16H22O5. The molecule has 0 aliphatic heterocycles. The quantitative estimate of drug-likeness (QED) is 0.398. The number of ketones is 1. The summed E-state index contributed by atoms with van der Waals surface area (Å²) in [6.45, 7) is 6.78. The van der Waals surface area contributed by atoms with Crippen LogP contribution in [0.3, 0.4) is 0 Å². The molecule has 1 rings (SSSR count). The number of esters is 1. The van der Waals surface area contributed by atoms with Gasteiger partial charge in [-0.1, -0.05) is 13.8 Å². The van der Waals surface area contributed by atoms with E-state index in [0.29, 0.717) is 24.7 Å². The van der Waals surface area contributed by atoms with Crippen molar-refractivity contribution in [1.82, 2.24) is 0 Å². The van der Waals surface area contributed by atoms with E-state index < -0.39 is 11.8 Å². The number of benzene rings is 1. The third-order valence-corrected chi connectivity index (χ3v) is 2.59. The molecule has 1 aromatic rings. The van der Waals surface area contributed by atoms with Crippen molar-refractivity contribution in [2.75, 3.05) is 19.8 Å². The smallest absolute Gasteiger partial charge is 0.379 e. The Balaban J connectivity index is 3.03. The minimum Gasteiger partial charge on any atom is -0.494 e. The van der Waals surface area contributed by atoms with Gasteiger partial charge in [0, 0.05) is 0 Å². The fourth-order valence-electron chi connectivity index (χ4n) is 1.64. The second-order valence-electron chi connectivity index (χ2n) is 4.40. The molecule has 0 aliphatic rings. The van der Waals surface area contributed by atoms with Crippen molar-refractivity contribution in [1.29, 1.82) is 0 Å². The van der Waals surface area contributed by atoms with Crippen LogP contribution >= 0.6 is 0 Å². The third kappa shape index (κ3) is 5.10. The summed E-state index contributed by atoms with van der Waals surface area (Å²) >= 11 is 0. The van der Waals surface area contributed by atoms with Crippen LogP contribution in [-0.2, 0) is 9.53 Å². The zero-order chi connectivity index (χ0) is 15.7. The van der Waals surface area contributed by atoms with E-state index in [1.807, 2.05) is 13.8 Å². The second kappa shape index (κ2) is 9.00. The van der Waals surface area contributed by atoms with E-state index in [2.05, 4.69) is 0 Å². The molecule has 0 spiro atoms. The number of hydrogen-bond acceptors (Lipinski definition) is 5. The molecule has 0 radical (unpaired) electrons. The maximum Gasteiger partial charge on any atom is 0.379 e. The number of rotatable bonds is 9. The van der Waals surface area contributed by atoms with Gasteiger partial charge in [0.2, 0.25) is 0 Å². The maximum atomic E-state index is 12.1. The van der Waals surface area contributed by atoms with Gasteiger partial charge in [0.15, 0.2) is 0 Å². The van der Waals surface area contributed by atoms with Gasteiger partial charge in [-0.25, -0.2) is 4.79 Å². The third-order valence-electron chi connectivity index (χ3n) is 2.59. The highest BCUT2D eigenvalue weighted by molar-refractivity contribution is 6.41. The second-order valence-corrected chi connectivity index (χ2v) is 4.40. The van der Waals surface area contributed by atoms with Gasteiger partial charge in [-0.2, -0.15) is 0 Å². The topological polar surface area (TPSA) is 61.8 Å². The molecule has 0 N–H and O–H groups in total. The summed E-state index contributed by atoms with van der Waals surface area (Å²) < 4.78 is 15.8. The van der Waals surface area contributed by atoms with Crippen LogP contribution < -0.4 is 9.47 Å². The Hall–Kier alpha value is -2.04. The molecule has 116 valence electrons. The van der Waals surface area contributed by atoms with E-state index in [4.69, 9.17) is 14.2 Å². The van der Waals surface area contributed by atoms with Crippen LogP contribution in [0.1, 0.15) is 44.0 Å². The highest BCUT2D eigenvalue weighted by atomic mass is 16.5. The average Bonchev–Trinajstić information content (AvgIpc) is 2.50. The molecule has 0 bridgehead atoms. The first kappa shape index (κ1) is 17.0. The van der Waals surface area contributed by atoms with Gasteiger partial charge in [0.1, 0.15) is 11.5 Å². The molecule has 21 heavy (non-hydrogen) atoms. The fourth-order valence-corrected chi connectivity index (χ4v) is 1.64. The number of hydrogen-bond donors (Lipinski definition) is 0. The minimum absolute atomic E-state index is 0.155. The monoisotopic (exact) mass is 294 g/mol. The normalized spacial score (nSPS) is 10.0. The first-order valence-electron chi connectivity index (χ1n) is 7.25. The van der Waals surface area contributed by atoms with Gasteiger partial charge in [-0.05, 0) is 38.0 Å². The maximum absolute atomic E-state index is 12.1. The van der Waals surface area contributed by atoms with E-state index in [9.17, 15) is 9.59 Å². The Bertz CT molecular complexity index is 482. The van der Waals surface area contributed by atoms with Crippen molar-refractivity contribution in [3.05, 3.63) is 23.8 Å². The molecule has 0 saturated heterocycles. The van der Waals surface area contributed by atoms with E-state index >= 15 is 0 Å². The van der Waals surface area contributed by atoms with Crippen molar-refractivity contribution in [2.24, 2.45) is 0 Å². The summed E-state index contributed by atoms with van der Waals surface area (Å²) in [5, 5.41) is 0. The Labute approximate surface area is 125 Å². The zero-order valence-electron chi connectivity index (χ0n) is 12.8. The van der Waals surface area contributed by atoms with Crippen molar-refractivity contribution in [3.8, 4) is 11.5 Å². The van der Waals surface area contributed by atoms with E-state index in [0.717, 1.165) is 12.8 Å². The lowest BCUT2D eigenvalue weighted by Crippen LogP contribution is -2.18. The Kier molecular flexibility index (Phi) is 7.29. The summed E-state index contributed by atoms with van der Waals surface area (Å²) in [5.74, 6) is -0.691. The van der Waals surface area contributed by atoms with Crippen LogP contribution in [0.4, 0.5) is 0 Å². The van der Waals surface area contributed by atoms with Crippen LogP contribution in [0.2, 0.25) is 0 Å². The van der Waals surface area contributed by atoms with Gasteiger partial charge in [-0.3, -0.25) is 4.79 Å². The van der Waals surface area contributed by atoms with Crippen molar-refractivity contribution >= 4 is 11.8 Å². The predicted octanol–water partition coefficient (Wildman–Crippen LogP) is 3.01. The predicted molar refractivity (Wildman–Crippen MR) is 79.0 cm³/mol. The highest BCUT2D eigenvalue weighted by Gasteiger charge is 2.22. The minimum atomic E-state index is -0.883. The molecule has 0 saturated carbocycles. The molecule has 1 aromatic carbocycles. The van der Waals surface area contributed by atoms with Crippen LogP contribution in [-0.4, -0.2) is 31.6 Å². The molecule has 5 heteroatoms. The number of carbonyl (C=O) groups is 2. The summed E-state index contributed by atoms with van der Waals surface area (Å²) in [7, 11) is 0. The van der Waals surface area contributed by atoms with Gasteiger partial charge < -0.3 is 14.2 Å². The number of Topliss-reactive ketones (excluding diaryl/α,β-unsaturated/α-hetero) is 1. The van der Waals surface area contributed by atoms with Crippen LogP contribution in [0.15, 0.2) is 18.2 Å². The average molecular weight is 294 g/mol. The molecule has 5 nitrogen and oxygen atoms in total. The lowest BCUT2D eigenvalue weighted by Gasteiger charge is -2.12. The molecule has 0 amide bonds. The van der Waals surface area contributed by atoms with Crippen LogP contribution in [0, 0.1) is 0 Å². The summed E-state index contributed by atoms with van der Waals surface area (Å²) in [6, 6.07) is 4.90. The van der Waals surface area contributed by atoms with E-state index in [-0.39, 0.29) is 12.2 Å². The lowest BCUT2D eigenvalue weighted by atomic mass is 10.1. The summed E-state index contributed by atoms with van der Waals surface area (Å²) in [5.41, 5.74) is 0.176. The Morgan fingerprint density at radius 2 is 1.67 bits per heavy atom. The van der Waals surface area contributed by atoms with Gasteiger partial charge in [0.25, 0.3) is 5.78 Å². The molecule has 0 aromatic heterocycles. The van der Waals surface area contributed by atoms with E-state index in [1.165, 1.54) is 6.07 Å². The molecular weight excluding hydrogens is 272 g/mol. The standard InChI is InChI=1S/C16H22O5/c1-4-9-20-12-7-8-14(21-10-5-2)13(11-12)15(17)16(18)19-6-3/h7-8,11H,4-6,9-10H2,1-3H3. The SMILES string of the molecule is CCCOc1ccc(OCCC)c(C(=O)C(=O)OCC)c1.